The van der Waals surface area contributed by atoms with E-state index in [0.717, 1.165) is 17.7 Å². The van der Waals surface area contributed by atoms with Crippen LogP contribution in [0.4, 0.5) is 8.78 Å². The first kappa shape index (κ1) is 31.8. The highest BCUT2D eigenvalue weighted by atomic mass is 19.3. The zero-order valence-corrected chi connectivity index (χ0v) is 24.2. The van der Waals surface area contributed by atoms with Crippen LogP contribution in [0.2, 0.25) is 0 Å². The maximum absolute atomic E-state index is 13.6. The van der Waals surface area contributed by atoms with Gasteiger partial charge in [0, 0.05) is 39.6 Å². The molecule has 1 aromatic rings. The summed E-state index contributed by atoms with van der Waals surface area (Å²) >= 11 is 0. The molecule has 12 heteroatoms. The average molecular weight is 575 g/mol. The third kappa shape index (κ3) is 9.39. The number of halogens is 2. The van der Waals surface area contributed by atoms with E-state index in [0.29, 0.717) is 49.6 Å². The van der Waals surface area contributed by atoms with Crippen molar-refractivity contribution in [1.82, 2.24) is 25.6 Å². The molecule has 1 aliphatic heterocycles. The summed E-state index contributed by atoms with van der Waals surface area (Å²) in [5, 5.41) is 13.4. The highest BCUT2D eigenvalue weighted by molar-refractivity contribution is 5.98. The number of fused-ring (bicyclic) bond motifs is 1. The zero-order chi connectivity index (χ0) is 29.9. The van der Waals surface area contributed by atoms with Gasteiger partial charge < -0.3 is 25.1 Å². The second-order valence-corrected chi connectivity index (χ2v) is 9.89. The Bertz CT molecular complexity index is 1170. The summed E-state index contributed by atoms with van der Waals surface area (Å²) in [5.41, 5.74) is 3.72. The summed E-state index contributed by atoms with van der Waals surface area (Å²) in [6, 6.07) is 7.95. The van der Waals surface area contributed by atoms with E-state index in [1.165, 1.54) is 9.91 Å². The van der Waals surface area contributed by atoms with Crippen LogP contribution in [0.25, 0.3) is 0 Å². The maximum Gasteiger partial charge on any atom is 0.387 e. The van der Waals surface area contributed by atoms with Crippen LogP contribution >= 0.6 is 0 Å². The van der Waals surface area contributed by atoms with E-state index in [-0.39, 0.29) is 42.8 Å². The number of alkyl halides is 2. The van der Waals surface area contributed by atoms with Crippen molar-refractivity contribution in [3.63, 3.8) is 0 Å². The highest BCUT2D eigenvalue weighted by Crippen LogP contribution is 2.30. The third-order valence-electron chi connectivity index (χ3n) is 6.74. The van der Waals surface area contributed by atoms with Crippen molar-refractivity contribution >= 4 is 17.5 Å². The van der Waals surface area contributed by atoms with Crippen LogP contribution in [0.3, 0.4) is 0 Å². The van der Waals surface area contributed by atoms with Gasteiger partial charge in [-0.3, -0.25) is 14.6 Å². The van der Waals surface area contributed by atoms with Crippen molar-refractivity contribution in [2.24, 2.45) is 5.16 Å². The second kappa shape index (κ2) is 15.3. The Morgan fingerprint density at radius 3 is 2.41 bits per heavy atom. The minimum Gasteiger partial charge on any atom is -0.437 e. The van der Waals surface area contributed by atoms with E-state index in [2.05, 4.69) is 22.4 Å². The number of ether oxygens (including phenoxy) is 1. The molecule has 0 aromatic heterocycles. The normalized spacial score (nSPS) is 15.4. The molecule has 2 N–H and O–H groups in total. The molecule has 1 aromatic carbocycles. The Kier molecular flexibility index (Phi) is 11.8. The minimum atomic E-state index is -3.06. The predicted octanol–water partition coefficient (Wildman–Crippen LogP) is 3.50. The van der Waals surface area contributed by atoms with E-state index in [1.807, 2.05) is 36.2 Å². The van der Waals surface area contributed by atoms with Crippen LogP contribution in [0.1, 0.15) is 44.7 Å². The number of amides is 2. The Morgan fingerprint density at radius 2 is 1.80 bits per heavy atom. The first-order chi connectivity index (χ1) is 19.6. The molecule has 0 radical (unpaired) electrons. The number of benzene rings is 1. The van der Waals surface area contributed by atoms with E-state index < -0.39 is 6.61 Å². The fraction of sp³-hybridized carbons (Fsp3) is 0.483. The average Bonchev–Trinajstić information content (AvgIpc) is 3.37. The summed E-state index contributed by atoms with van der Waals surface area (Å²) < 4.78 is 31.7. The number of carbonyl (C=O) groups excluding carboxylic acids is 2. The molecule has 10 nitrogen and oxygen atoms in total. The van der Waals surface area contributed by atoms with Gasteiger partial charge in [-0.05, 0) is 49.6 Å². The van der Waals surface area contributed by atoms with E-state index >= 15 is 0 Å². The fourth-order valence-electron chi connectivity index (χ4n) is 4.55. The van der Waals surface area contributed by atoms with Crippen molar-refractivity contribution in [3.05, 3.63) is 70.8 Å². The van der Waals surface area contributed by atoms with Gasteiger partial charge in [-0.15, -0.1) is 0 Å². The number of hydrogen-bond donors (Lipinski definition) is 2. The number of hydrazine groups is 1. The van der Waals surface area contributed by atoms with E-state index in [1.54, 1.807) is 27.0 Å². The fourth-order valence-corrected chi connectivity index (χ4v) is 4.55. The van der Waals surface area contributed by atoms with Crippen molar-refractivity contribution in [1.29, 1.82) is 0 Å². The summed E-state index contributed by atoms with van der Waals surface area (Å²) in [6.45, 7) is 8.31. The highest BCUT2D eigenvalue weighted by Gasteiger charge is 2.30. The molecule has 3 rings (SSSR count). The van der Waals surface area contributed by atoms with Gasteiger partial charge in [-0.2, -0.15) is 8.78 Å². The van der Waals surface area contributed by atoms with Gasteiger partial charge in [0.25, 0.3) is 5.91 Å². The third-order valence-corrected chi connectivity index (χ3v) is 6.74. The molecular formula is C29H40F2N6O4. The molecule has 2 amide bonds. The standard InChI is InChI=1S/C29H40F2N6O4/c1-6-32-13-14-33-27(38)18-36(19-28(39)35(5)37-16-23-9-7-8-10-24(23)17-37)25-15-22(21(4)34-41-20(2)3)11-12-26(25)40-29(30)31/h7-10,15,29,32H,2,6,11-14,16-19H2,1,3-5H3,(H,33,38)/b34-21+. The Hall–Kier alpha value is -3.77. The molecule has 0 atom stereocenters. The molecule has 0 spiro atoms. The molecule has 224 valence electrons. The second-order valence-electron chi connectivity index (χ2n) is 9.89. The van der Waals surface area contributed by atoms with Gasteiger partial charge in [0.1, 0.15) is 11.5 Å². The van der Waals surface area contributed by atoms with Gasteiger partial charge in [0.05, 0.1) is 24.5 Å². The number of allylic oxidation sites excluding steroid dienone is 4. The number of rotatable bonds is 15. The molecule has 0 fully saturated rings. The SMILES string of the molecule is C=C(C)O/N=C(\C)C1=CC(N(CC(=O)NCCNCC)CC(=O)N(C)N2Cc3ccccc3C2)=C(OC(F)F)CC1. The maximum atomic E-state index is 13.6. The zero-order valence-electron chi connectivity index (χ0n) is 24.2. The topological polar surface area (TPSA) is 98.7 Å². The summed E-state index contributed by atoms with van der Waals surface area (Å²) in [4.78, 5) is 33.2. The number of oxime groups is 1. The molecule has 1 aliphatic carbocycles. The molecule has 0 saturated carbocycles. The summed E-state index contributed by atoms with van der Waals surface area (Å²) in [7, 11) is 1.67. The molecule has 0 bridgehead atoms. The number of nitrogens with one attached hydrogen (secondary N) is 2. The van der Waals surface area contributed by atoms with Gasteiger partial charge in [0.15, 0.2) is 0 Å². The first-order valence-electron chi connectivity index (χ1n) is 13.7. The minimum absolute atomic E-state index is 0.00171. The van der Waals surface area contributed by atoms with Crippen molar-refractivity contribution in [2.45, 2.75) is 53.3 Å². The monoisotopic (exact) mass is 574 g/mol. The summed E-state index contributed by atoms with van der Waals surface area (Å²) in [5.74, 6) is -0.264. The Balaban J connectivity index is 1.88. The van der Waals surface area contributed by atoms with E-state index in [4.69, 9.17) is 9.57 Å². The lowest BCUT2D eigenvalue weighted by molar-refractivity contribution is -0.147. The Labute approximate surface area is 240 Å². The first-order valence-corrected chi connectivity index (χ1v) is 13.7. The molecule has 0 unspecified atom stereocenters. The Morgan fingerprint density at radius 1 is 1.12 bits per heavy atom. The van der Waals surface area contributed by atoms with Crippen LogP contribution in [0.15, 0.2) is 64.9 Å². The van der Waals surface area contributed by atoms with Crippen LogP contribution in [-0.4, -0.2) is 78.8 Å². The molecule has 0 saturated heterocycles. The van der Waals surface area contributed by atoms with E-state index in [9.17, 15) is 18.4 Å². The van der Waals surface area contributed by atoms with Crippen LogP contribution in [0, 0.1) is 0 Å². The predicted molar refractivity (Wildman–Crippen MR) is 152 cm³/mol. The lowest BCUT2D eigenvalue weighted by atomic mass is 9.97. The van der Waals surface area contributed by atoms with Crippen LogP contribution in [-0.2, 0) is 32.3 Å². The van der Waals surface area contributed by atoms with Gasteiger partial charge >= 0.3 is 6.61 Å². The lowest BCUT2D eigenvalue weighted by Crippen LogP contribution is -2.48. The smallest absolute Gasteiger partial charge is 0.387 e. The van der Waals surface area contributed by atoms with Crippen molar-refractivity contribution in [2.75, 3.05) is 39.8 Å². The summed E-state index contributed by atoms with van der Waals surface area (Å²) in [6.07, 6.45) is 2.13. The lowest BCUT2D eigenvalue weighted by Gasteiger charge is -2.33. The number of nitrogens with zero attached hydrogens (tertiary/aromatic N) is 4. The molecule has 1 heterocycles. The molecule has 41 heavy (non-hydrogen) atoms. The molecule has 2 aliphatic rings. The number of hydrogen-bond acceptors (Lipinski definition) is 8. The molecular weight excluding hydrogens is 534 g/mol. The van der Waals surface area contributed by atoms with Gasteiger partial charge in [-0.1, -0.05) is 42.9 Å². The van der Waals surface area contributed by atoms with Gasteiger partial charge in [-0.25, -0.2) is 5.01 Å². The van der Waals surface area contributed by atoms with Crippen LogP contribution in [0.5, 0.6) is 0 Å². The number of likely N-dealkylation sites (N-methyl/N-ethyl adjacent to an activating group) is 2. The largest absolute Gasteiger partial charge is 0.437 e. The van der Waals surface area contributed by atoms with Crippen molar-refractivity contribution < 1.29 is 27.9 Å². The van der Waals surface area contributed by atoms with Crippen LogP contribution < -0.4 is 10.6 Å². The van der Waals surface area contributed by atoms with Crippen molar-refractivity contribution in [3.8, 4) is 0 Å². The quantitative estimate of drug-likeness (QED) is 0.143. The number of carbonyl (C=O) groups is 2. The van der Waals surface area contributed by atoms with Gasteiger partial charge in [0.2, 0.25) is 5.91 Å².